The van der Waals surface area contributed by atoms with Crippen LogP contribution < -0.4 is 5.73 Å². The van der Waals surface area contributed by atoms with Gasteiger partial charge in [0, 0.05) is 49.4 Å². The summed E-state index contributed by atoms with van der Waals surface area (Å²) in [5.74, 6) is 0.628. The molecule has 1 amide bonds. The van der Waals surface area contributed by atoms with Crippen molar-refractivity contribution in [1.82, 2.24) is 19.1 Å². The highest BCUT2D eigenvalue weighted by molar-refractivity contribution is 7.89. The maximum absolute atomic E-state index is 13.1. The van der Waals surface area contributed by atoms with Gasteiger partial charge in [-0.15, -0.1) is 0 Å². The van der Waals surface area contributed by atoms with Crippen LogP contribution in [-0.2, 0) is 14.8 Å². The van der Waals surface area contributed by atoms with E-state index in [1.807, 2.05) is 17.0 Å². The number of rotatable bonds is 5. The molecule has 2 saturated heterocycles. The number of sulfonamides is 1. The third kappa shape index (κ3) is 5.32. The van der Waals surface area contributed by atoms with Crippen LogP contribution in [0.15, 0.2) is 47.5 Å². The van der Waals surface area contributed by atoms with Crippen LogP contribution >= 0.6 is 11.6 Å². The number of pyridine rings is 1. The maximum atomic E-state index is 13.1. The van der Waals surface area contributed by atoms with Gasteiger partial charge in [-0.25, -0.2) is 13.4 Å². The number of carbonyl (C=O) groups is 1. The minimum Gasteiger partial charge on any atom is -0.384 e. The Hall–Kier alpha value is -2.20. The molecule has 2 aliphatic rings. The number of halogens is 1. The molecule has 3 heterocycles. The largest absolute Gasteiger partial charge is 0.384 e. The zero-order valence-corrected chi connectivity index (χ0v) is 20.3. The number of likely N-dealkylation sites (tertiary alicyclic amines) is 1. The zero-order chi connectivity index (χ0) is 23.6. The number of aromatic nitrogens is 1. The molecule has 10 heteroatoms. The van der Waals surface area contributed by atoms with Crippen LogP contribution in [0.2, 0.25) is 5.02 Å². The first kappa shape index (κ1) is 23.9. The van der Waals surface area contributed by atoms with E-state index < -0.39 is 10.0 Å². The average molecular weight is 492 g/mol. The molecule has 1 aromatic carbocycles. The van der Waals surface area contributed by atoms with Crippen LogP contribution in [0.25, 0.3) is 0 Å². The summed E-state index contributed by atoms with van der Waals surface area (Å²) in [5.41, 5.74) is 6.95. The molecule has 33 heavy (non-hydrogen) atoms. The van der Waals surface area contributed by atoms with Gasteiger partial charge in [-0.3, -0.25) is 9.69 Å². The second kappa shape index (κ2) is 9.97. The van der Waals surface area contributed by atoms with Crippen molar-refractivity contribution in [3.05, 3.63) is 53.2 Å². The van der Waals surface area contributed by atoms with Crippen LogP contribution in [0.5, 0.6) is 0 Å². The summed E-state index contributed by atoms with van der Waals surface area (Å²) in [5, 5.41) is 0.387. The summed E-state index contributed by atoms with van der Waals surface area (Å²) in [7, 11) is -3.61. The average Bonchev–Trinajstić information content (AvgIpc) is 2.83. The predicted octanol–water partition coefficient (Wildman–Crippen LogP) is 2.62. The van der Waals surface area contributed by atoms with Crippen LogP contribution in [-0.4, -0.2) is 72.7 Å². The Morgan fingerprint density at radius 3 is 2.42 bits per heavy atom. The lowest BCUT2D eigenvalue weighted by Crippen LogP contribution is -2.52. The van der Waals surface area contributed by atoms with Gasteiger partial charge < -0.3 is 10.6 Å². The van der Waals surface area contributed by atoms with Crippen molar-refractivity contribution >= 4 is 33.3 Å². The first-order valence-electron chi connectivity index (χ1n) is 11.3. The lowest BCUT2D eigenvalue weighted by Gasteiger charge is -2.39. The van der Waals surface area contributed by atoms with Crippen molar-refractivity contribution in [2.24, 2.45) is 5.92 Å². The summed E-state index contributed by atoms with van der Waals surface area (Å²) >= 11 is 5.96. The Morgan fingerprint density at radius 2 is 1.79 bits per heavy atom. The summed E-state index contributed by atoms with van der Waals surface area (Å²) in [6, 6.07) is 10.4. The molecule has 2 N–H and O–H groups in total. The van der Waals surface area contributed by atoms with Gasteiger partial charge in [0.1, 0.15) is 5.82 Å². The minimum absolute atomic E-state index is 0.0213. The smallest absolute Gasteiger partial charge is 0.243 e. The van der Waals surface area contributed by atoms with Gasteiger partial charge >= 0.3 is 0 Å². The lowest BCUT2D eigenvalue weighted by atomic mass is 9.93. The Bertz CT molecular complexity index is 1100. The van der Waals surface area contributed by atoms with E-state index in [1.54, 1.807) is 24.4 Å². The Balaban J connectivity index is 1.30. The van der Waals surface area contributed by atoms with E-state index in [-0.39, 0.29) is 22.8 Å². The van der Waals surface area contributed by atoms with E-state index in [9.17, 15) is 13.2 Å². The van der Waals surface area contributed by atoms with Crippen LogP contribution in [0.1, 0.15) is 31.4 Å². The van der Waals surface area contributed by atoms with Crippen molar-refractivity contribution < 1.29 is 13.2 Å². The zero-order valence-electron chi connectivity index (χ0n) is 18.7. The SMILES string of the molecule is CC(c1ccnc(N)c1)N1CCC(C(=O)N2CCN(S(=O)(=O)c3cccc(Cl)c3)CC2)CC1. The number of nitrogens with two attached hydrogens (primary N) is 1. The molecule has 8 nitrogen and oxygen atoms in total. The van der Waals surface area contributed by atoms with E-state index in [1.165, 1.54) is 10.4 Å². The van der Waals surface area contributed by atoms with Crippen LogP contribution in [0.4, 0.5) is 5.82 Å². The Kier molecular flexibility index (Phi) is 7.23. The fourth-order valence-electron chi connectivity index (χ4n) is 4.65. The number of nitrogen functional groups attached to an aromatic ring is 1. The molecule has 178 valence electrons. The third-order valence-corrected chi connectivity index (χ3v) is 8.83. The number of piperidine rings is 1. The van der Waals surface area contributed by atoms with Gasteiger partial charge in [0.25, 0.3) is 0 Å². The van der Waals surface area contributed by atoms with Crippen LogP contribution in [0, 0.1) is 5.92 Å². The summed E-state index contributed by atoms with van der Waals surface area (Å²) < 4.78 is 27.2. The number of amides is 1. The number of carbonyl (C=O) groups excluding carboxylic acids is 1. The molecular weight excluding hydrogens is 462 g/mol. The number of hydrogen-bond donors (Lipinski definition) is 1. The molecule has 0 radical (unpaired) electrons. The van der Waals surface area contributed by atoms with Gasteiger partial charge in [0.15, 0.2) is 0 Å². The quantitative estimate of drug-likeness (QED) is 0.690. The second-order valence-corrected chi connectivity index (χ2v) is 11.1. The van der Waals surface area contributed by atoms with E-state index >= 15 is 0 Å². The Labute approximate surface area is 200 Å². The molecule has 2 aromatic rings. The highest BCUT2D eigenvalue weighted by atomic mass is 35.5. The first-order chi connectivity index (χ1) is 15.8. The second-order valence-electron chi connectivity index (χ2n) is 8.69. The number of nitrogens with zero attached hydrogens (tertiary/aromatic N) is 4. The monoisotopic (exact) mass is 491 g/mol. The first-order valence-corrected chi connectivity index (χ1v) is 13.1. The van der Waals surface area contributed by atoms with E-state index in [0.717, 1.165) is 31.5 Å². The maximum Gasteiger partial charge on any atom is 0.243 e. The van der Waals surface area contributed by atoms with Gasteiger partial charge in [-0.2, -0.15) is 4.31 Å². The predicted molar refractivity (Wildman–Crippen MR) is 128 cm³/mol. The van der Waals surface area contributed by atoms with Crippen molar-refractivity contribution in [3.8, 4) is 0 Å². The van der Waals surface area contributed by atoms with Gasteiger partial charge in [-0.05, 0) is 68.8 Å². The summed E-state index contributed by atoms with van der Waals surface area (Å²) in [6.45, 7) is 5.22. The van der Waals surface area contributed by atoms with Crippen molar-refractivity contribution in [1.29, 1.82) is 0 Å². The molecule has 2 aliphatic heterocycles. The number of hydrogen-bond acceptors (Lipinski definition) is 6. The molecule has 0 bridgehead atoms. The summed E-state index contributed by atoms with van der Waals surface area (Å²) in [6.07, 6.45) is 3.32. The van der Waals surface area contributed by atoms with Gasteiger partial charge in [-0.1, -0.05) is 17.7 Å². The summed E-state index contributed by atoms with van der Waals surface area (Å²) in [4.78, 5) is 21.5. The highest BCUT2D eigenvalue weighted by Crippen LogP contribution is 2.28. The number of anilines is 1. The third-order valence-electron chi connectivity index (χ3n) is 6.70. The standard InChI is InChI=1S/C23H30ClN5O3S/c1-17(19-5-8-26-22(25)15-19)27-9-6-18(7-10-27)23(30)28-11-13-29(14-12-28)33(31,32)21-4-2-3-20(24)16-21/h2-5,8,15-18H,6-7,9-14H2,1H3,(H2,25,26). The van der Waals surface area contributed by atoms with Crippen molar-refractivity contribution in [3.63, 3.8) is 0 Å². The van der Waals surface area contributed by atoms with Gasteiger partial charge in [0.05, 0.1) is 4.90 Å². The van der Waals surface area contributed by atoms with E-state index in [4.69, 9.17) is 17.3 Å². The lowest BCUT2D eigenvalue weighted by molar-refractivity contribution is -0.138. The number of piperazine rings is 1. The van der Waals surface area contributed by atoms with Crippen molar-refractivity contribution in [2.75, 3.05) is 45.0 Å². The molecule has 4 rings (SSSR count). The number of benzene rings is 1. The normalized spacial score (nSPS) is 20.0. The fraction of sp³-hybridized carbons (Fsp3) is 0.478. The highest BCUT2D eigenvalue weighted by Gasteiger charge is 2.34. The molecule has 1 unspecified atom stereocenters. The van der Waals surface area contributed by atoms with E-state index in [2.05, 4.69) is 16.8 Å². The Morgan fingerprint density at radius 1 is 1.09 bits per heavy atom. The molecule has 0 aliphatic carbocycles. The van der Waals surface area contributed by atoms with Crippen LogP contribution in [0.3, 0.4) is 0 Å². The molecule has 1 atom stereocenters. The molecule has 0 spiro atoms. The topological polar surface area (TPSA) is 99.8 Å². The van der Waals surface area contributed by atoms with E-state index in [0.29, 0.717) is 37.0 Å². The molecule has 0 saturated carbocycles. The van der Waals surface area contributed by atoms with Crippen molar-refractivity contribution in [2.45, 2.75) is 30.7 Å². The molecule has 2 fully saturated rings. The van der Waals surface area contributed by atoms with Gasteiger partial charge in [0.2, 0.25) is 15.9 Å². The molecule has 1 aromatic heterocycles. The fourth-order valence-corrected chi connectivity index (χ4v) is 6.38. The minimum atomic E-state index is -3.61. The molecular formula is C23H30ClN5O3S.